The fraction of sp³-hybridized carbons (Fsp3) is 0.500. The average Bonchev–Trinajstić information content (AvgIpc) is 3.03. The van der Waals surface area contributed by atoms with Crippen molar-refractivity contribution >= 4 is 21.9 Å². The van der Waals surface area contributed by atoms with Crippen LogP contribution in [0.1, 0.15) is 18.2 Å². The normalized spacial score (nSPS) is 11.8. The van der Waals surface area contributed by atoms with Crippen LogP contribution in [0.4, 0.5) is 0 Å². The van der Waals surface area contributed by atoms with E-state index in [-0.39, 0.29) is 0 Å². The lowest BCUT2D eigenvalue weighted by Crippen LogP contribution is -2.39. The molecular weight excluding hydrogens is 356 g/mol. The van der Waals surface area contributed by atoms with Crippen LogP contribution in [0.25, 0.3) is 0 Å². The molecule has 0 saturated carbocycles. The van der Waals surface area contributed by atoms with Gasteiger partial charge in [0.15, 0.2) is 5.96 Å². The molecule has 0 bridgehead atoms. The number of nitrogens with zero attached hydrogens (tertiary/aromatic N) is 5. The second kappa shape index (κ2) is 8.19. The SMILES string of the molecule is CCNC(=NCCc1cnn(C)c1)N(C)Cc1cc(Br)cn1C. The number of hydrogen-bond donors (Lipinski definition) is 1. The van der Waals surface area contributed by atoms with Gasteiger partial charge in [0.2, 0.25) is 0 Å². The lowest BCUT2D eigenvalue weighted by Gasteiger charge is -2.22. The first-order chi connectivity index (χ1) is 11.0. The summed E-state index contributed by atoms with van der Waals surface area (Å²) in [5.41, 5.74) is 2.44. The molecule has 2 aromatic heterocycles. The molecule has 23 heavy (non-hydrogen) atoms. The third-order valence-corrected chi connectivity index (χ3v) is 4.02. The molecule has 0 aliphatic heterocycles. The predicted molar refractivity (Wildman–Crippen MR) is 97.5 cm³/mol. The second-order valence-electron chi connectivity index (χ2n) is 5.62. The number of hydrogen-bond acceptors (Lipinski definition) is 2. The van der Waals surface area contributed by atoms with Crippen molar-refractivity contribution in [2.45, 2.75) is 19.9 Å². The van der Waals surface area contributed by atoms with Crippen LogP contribution in [-0.2, 0) is 27.1 Å². The Balaban J connectivity index is 1.98. The largest absolute Gasteiger partial charge is 0.357 e. The summed E-state index contributed by atoms with van der Waals surface area (Å²) >= 11 is 3.52. The molecule has 0 atom stereocenters. The van der Waals surface area contributed by atoms with Gasteiger partial charge in [-0.1, -0.05) is 0 Å². The van der Waals surface area contributed by atoms with Crippen molar-refractivity contribution in [3.05, 3.63) is 40.4 Å². The maximum atomic E-state index is 4.72. The standard InChI is InChI=1S/C16H25BrN6/c1-5-18-16(19-7-6-13-9-20-23(4)10-13)22(3)12-15-8-14(17)11-21(15)2/h8-11H,5-7,12H2,1-4H3,(H,18,19). The van der Waals surface area contributed by atoms with E-state index in [1.54, 1.807) is 0 Å². The summed E-state index contributed by atoms with van der Waals surface area (Å²) in [6.45, 7) is 4.49. The molecule has 2 rings (SSSR count). The highest BCUT2D eigenvalue weighted by Crippen LogP contribution is 2.15. The molecule has 2 aromatic rings. The van der Waals surface area contributed by atoms with E-state index in [0.717, 1.165) is 36.5 Å². The third-order valence-electron chi connectivity index (χ3n) is 3.59. The highest BCUT2D eigenvalue weighted by Gasteiger charge is 2.09. The maximum absolute atomic E-state index is 4.72. The van der Waals surface area contributed by atoms with Gasteiger partial charge in [0.05, 0.1) is 12.7 Å². The van der Waals surface area contributed by atoms with Crippen LogP contribution in [0.3, 0.4) is 0 Å². The van der Waals surface area contributed by atoms with Crippen LogP contribution in [0, 0.1) is 0 Å². The summed E-state index contributed by atoms with van der Waals surface area (Å²) in [6, 6.07) is 2.13. The van der Waals surface area contributed by atoms with Gasteiger partial charge in [-0.15, -0.1) is 0 Å². The molecule has 1 N–H and O–H groups in total. The van der Waals surface area contributed by atoms with Crippen molar-refractivity contribution in [2.75, 3.05) is 20.1 Å². The highest BCUT2D eigenvalue weighted by molar-refractivity contribution is 9.10. The summed E-state index contributed by atoms with van der Waals surface area (Å²) in [6.07, 6.45) is 6.89. The Kier molecular flexibility index (Phi) is 6.27. The molecule has 0 saturated heterocycles. The zero-order chi connectivity index (χ0) is 16.8. The zero-order valence-corrected chi connectivity index (χ0v) is 15.8. The number of rotatable bonds is 6. The second-order valence-corrected chi connectivity index (χ2v) is 6.54. The van der Waals surface area contributed by atoms with E-state index >= 15 is 0 Å². The average molecular weight is 381 g/mol. The van der Waals surface area contributed by atoms with Crippen molar-refractivity contribution in [1.29, 1.82) is 0 Å². The lowest BCUT2D eigenvalue weighted by atomic mass is 10.2. The molecular formula is C16H25BrN6. The van der Waals surface area contributed by atoms with E-state index in [1.807, 2.05) is 24.1 Å². The summed E-state index contributed by atoms with van der Waals surface area (Å²) in [5.74, 6) is 0.925. The van der Waals surface area contributed by atoms with E-state index < -0.39 is 0 Å². The van der Waals surface area contributed by atoms with Crippen LogP contribution < -0.4 is 5.32 Å². The third kappa shape index (κ3) is 5.13. The quantitative estimate of drug-likeness (QED) is 0.616. The Morgan fingerprint density at radius 2 is 2.17 bits per heavy atom. The Bertz CT molecular complexity index is 657. The lowest BCUT2D eigenvalue weighted by molar-refractivity contribution is 0.462. The van der Waals surface area contributed by atoms with Gasteiger partial charge in [-0.2, -0.15) is 5.10 Å². The van der Waals surface area contributed by atoms with Gasteiger partial charge >= 0.3 is 0 Å². The van der Waals surface area contributed by atoms with E-state index in [4.69, 9.17) is 4.99 Å². The highest BCUT2D eigenvalue weighted by atomic mass is 79.9. The van der Waals surface area contributed by atoms with Crippen LogP contribution >= 0.6 is 15.9 Å². The molecule has 6 nitrogen and oxygen atoms in total. The van der Waals surface area contributed by atoms with E-state index in [9.17, 15) is 0 Å². The molecule has 0 fully saturated rings. The molecule has 0 amide bonds. The maximum Gasteiger partial charge on any atom is 0.194 e. The molecule has 0 aliphatic carbocycles. The van der Waals surface area contributed by atoms with Crippen molar-refractivity contribution in [2.24, 2.45) is 19.1 Å². The number of aryl methyl sites for hydroxylation is 2. The molecule has 2 heterocycles. The zero-order valence-electron chi connectivity index (χ0n) is 14.3. The first-order valence-electron chi connectivity index (χ1n) is 7.77. The van der Waals surface area contributed by atoms with E-state index in [0.29, 0.717) is 0 Å². The first-order valence-corrected chi connectivity index (χ1v) is 8.56. The van der Waals surface area contributed by atoms with Crippen LogP contribution in [0.2, 0.25) is 0 Å². The monoisotopic (exact) mass is 380 g/mol. The Morgan fingerprint density at radius 1 is 1.39 bits per heavy atom. The minimum atomic E-state index is 0.745. The van der Waals surface area contributed by atoms with Gasteiger partial charge in [0, 0.05) is 56.8 Å². The fourth-order valence-corrected chi connectivity index (χ4v) is 2.97. The number of guanidine groups is 1. The summed E-state index contributed by atoms with van der Waals surface area (Å²) < 4.78 is 5.05. The van der Waals surface area contributed by atoms with Gasteiger partial charge in [-0.05, 0) is 40.9 Å². The molecule has 126 valence electrons. The van der Waals surface area contributed by atoms with Gasteiger partial charge < -0.3 is 14.8 Å². The number of halogens is 1. The predicted octanol–water partition coefficient (Wildman–Crippen LogP) is 2.16. The molecule has 0 spiro atoms. The van der Waals surface area contributed by atoms with Crippen LogP contribution in [-0.4, -0.2) is 45.3 Å². The first kappa shape index (κ1) is 17.6. The Labute approximate surface area is 146 Å². The van der Waals surface area contributed by atoms with Crippen molar-refractivity contribution < 1.29 is 0 Å². The smallest absolute Gasteiger partial charge is 0.194 e. The Hall–Kier alpha value is -1.76. The number of aliphatic imine (C=N–C) groups is 1. The minimum Gasteiger partial charge on any atom is -0.357 e. The van der Waals surface area contributed by atoms with Gasteiger partial charge in [0.25, 0.3) is 0 Å². The number of nitrogens with one attached hydrogen (secondary N) is 1. The Morgan fingerprint density at radius 3 is 2.74 bits per heavy atom. The number of aromatic nitrogens is 3. The van der Waals surface area contributed by atoms with Gasteiger partial charge in [-0.3, -0.25) is 9.67 Å². The van der Waals surface area contributed by atoms with Crippen molar-refractivity contribution in [1.82, 2.24) is 24.6 Å². The van der Waals surface area contributed by atoms with E-state index in [2.05, 4.69) is 69.1 Å². The van der Waals surface area contributed by atoms with E-state index in [1.165, 1.54) is 11.3 Å². The topological polar surface area (TPSA) is 50.4 Å². The van der Waals surface area contributed by atoms with Gasteiger partial charge in [0.1, 0.15) is 0 Å². The van der Waals surface area contributed by atoms with Crippen molar-refractivity contribution in [3.8, 4) is 0 Å². The van der Waals surface area contributed by atoms with Crippen LogP contribution in [0.5, 0.6) is 0 Å². The summed E-state index contributed by atoms with van der Waals surface area (Å²) in [7, 11) is 6.05. The molecule has 0 aliphatic rings. The molecule has 0 aromatic carbocycles. The van der Waals surface area contributed by atoms with Crippen molar-refractivity contribution in [3.63, 3.8) is 0 Å². The fourth-order valence-electron chi connectivity index (χ4n) is 2.40. The summed E-state index contributed by atoms with van der Waals surface area (Å²) in [5, 5.41) is 7.54. The van der Waals surface area contributed by atoms with Crippen LogP contribution in [0.15, 0.2) is 34.1 Å². The molecule has 0 radical (unpaired) electrons. The summed E-state index contributed by atoms with van der Waals surface area (Å²) in [4.78, 5) is 6.87. The minimum absolute atomic E-state index is 0.745. The van der Waals surface area contributed by atoms with Gasteiger partial charge in [-0.25, -0.2) is 0 Å². The molecule has 7 heteroatoms. The molecule has 0 unspecified atom stereocenters.